The van der Waals surface area contributed by atoms with Crippen molar-refractivity contribution >= 4 is 51.1 Å². The van der Waals surface area contributed by atoms with Gasteiger partial charge in [-0.3, -0.25) is 4.79 Å². The minimum Gasteiger partial charge on any atom is -0.462 e. The van der Waals surface area contributed by atoms with Crippen molar-refractivity contribution in [3.05, 3.63) is 41.3 Å². The highest BCUT2D eigenvalue weighted by atomic mass is 32.2. The first-order valence-electron chi connectivity index (χ1n) is 7.20. The molecule has 2 aromatic heterocycles. The van der Waals surface area contributed by atoms with E-state index in [-0.39, 0.29) is 18.3 Å². The van der Waals surface area contributed by atoms with Crippen molar-refractivity contribution in [2.24, 2.45) is 0 Å². The highest BCUT2D eigenvalue weighted by Crippen LogP contribution is 2.26. The monoisotopic (exact) mass is 362 g/mol. The molecule has 3 aromatic rings. The third-order valence-corrected chi connectivity index (χ3v) is 4.67. The molecule has 0 radical (unpaired) electrons. The Kier molecular flexibility index (Phi) is 5.17. The van der Waals surface area contributed by atoms with E-state index in [2.05, 4.69) is 10.3 Å². The Bertz CT molecular complexity index is 839. The molecule has 0 saturated carbocycles. The van der Waals surface area contributed by atoms with Crippen molar-refractivity contribution in [3.8, 4) is 0 Å². The molecule has 2 heterocycles. The van der Waals surface area contributed by atoms with Gasteiger partial charge in [0.15, 0.2) is 5.58 Å². The Morgan fingerprint density at radius 3 is 2.96 bits per heavy atom. The molecule has 0 fully saturated rings. The lowest BCUT2D eigenvalue weighted by Crippen LogP contribution is -2.15. The van der Waals surface area contributed by atoms with Crippen LogP contribution in [0.2, 0.25) is 0 Å². The zero-order valence-corrected chi connectivity index (χ0v) is 14.4. The number of hydrogen-bond acceptors (Lipinski definition) is 7. The number of rotatable bonds is 6. The quantitative estimate of drug-likeness (QED) is 0.531. The van der Waals surface area contributed by atoms with Crippen LogP contribution in [0.25, 0.3) is 11.1 Å². The van der Waals surface area contributed by atoms with Crippen LogP contribution in [-0.4, -0.2) is 29.2 Å². The maximum absolute atomic E-state index is 12.1. The third kappa shape index (κ3) is 3.77. The summed E-state index contributed by atoms with van der Waals surface area (Å²) in [5, 5.41) is 5.37. The predicted molar refractivity (Wildman–Crippen MR) is 93.6 cm³/mol. The number of fused-ring (bicyclic) bond motifs is 1. The second kappa shape index (κ2) is 7.50. The van der Waals surface area contributed by atoms with Crippen molar-refractivity contribution in [1.82, 2.24) is 4.98 Å². The smallest absolute Gasteiger partial charge is 0.341 e. The SMILES string of the molecule is CCOC(=O)c1ccsc1NC(=O)CSc1nc2ccccc2o1. The average molecular weight is 362 g/mol. The van der Waals surface area contributed by atoms with Gasteiger partial charge in [0, 0.05) is 0 Å². The second-order valence-electron chi connectivity index (χ2n) is 4.67. The third-order valence-electron chi connectivity index (χ3n) is 3.01. The first-order valence-corrected chi connectivity index (χ1v) is 9.06. The summed E-state index contributed by atoms with van der Waals surface area (Å²) in [6.45, 7) is 2.02. The molecule has 0 saturated heterocycles. The van der Waals surface area contributed by atoms with Gasteiger partial charge in [-0.15, -0.1) is 11.3 Å². The van der Waals surface area contributed by atoms with E-state index in [1.165, 1.54) is 23.1 Å². The van der Waals surface area contributed by atoms with Crippen LogP contribution in [0.4, 0.5) is 5.00 Å². The number of nitrogens with one attached hydrogen (secondary N) is 1. The van der Waals surface area contributed by atoms with E-state index in [4.69, 9.17) is 9.15 Å². The number of anilines is 1. The minimum atomic E-state index is -0.444. The van der Waals surface area contributed by atoms with E-state index in [0.717, 1.165) is 5.52 Å². The molecule has 0 unspecified atom stereocenters. The largest absolute Gasteiger partial charge is 0.462 e. The summed E-state index contributed by atoms with van der Waals surface area (Å²) in [5.74, 6) is -0.552. The highest BCUT2D eigenvalue weighted by Gasteiger charge is 2.16. The molecule has 124 valence electrons. The van der Waals surface area contributed by atoms with Crippen molar-refractivity contribution in [3.63, 3.8) is 0 Å². The standard InChI is InChI=1S/C16H14N2O4S2/c1-2-21-15(20)10-7-8-23-14(10)18-13(19)9-24-16-17-11-5-3-4-6-12(11)22-16/h3-8H,2,9H2,1H3,(H,18,19). The Labute approximate surface area is 146 Å². The van der Waals surface area contributed by atoms with Crippen LogP contribution in [0.5, 0.6) is 0 Å². The van der Waals surface area contributed by atoms with E-state index in [1.807, 2.05) is 24.3 Å². The lowest BCUT2D eigenvalue weighted by molar-refractivity contribution is -0.113. The minimum absolute atomic E-state index is 0.132. The zero-order chi connectivity index (χ0) is 16.9. The summed E-state index contributed by atoms with van der Waals surface area (Å²) >= 11 is 2.48. The first kappa shape index (κ1) is 16.5. The maximum atomic E-state index is 12.1. The van der Waals surface area contributed by atoms with Gasteiger partial charge in [0.1, 0.15) is 10.5 Å². The molecule has 0 atom stereocenters. The number of hydrogen-bond donors (Lipinski definition) is 1. The summed E-state index contributed by atoms with van der Waals surface area (Å²) < 4.78 is 10.5. The number of para-hydroxylation sites is 2. The Morgan fingerprint density at radius 2 is 2.17 bits per heavy atom. The molecule has 1 amide bonds. The van der Waals surface area contributed by atoms with Crippen molar-refractivity contribution in [2.75, 3.05) is 17.7 Å². The molecule has 6 nitrogen and oxygen atoms in total. The van der Waals surface area contributed by atoms with Crippen LogP contribution in [0.3, 0.4) is 0 Å². The topological polar surface area (TPSA) is 81.4 Å². The van der Waals surface area contributed by atoms with Gasteiger partial charge >= 0.3 is 5.97 Å². The molecule has 0 aliphatic carbocycles. The van der Waals surface area contributed by atoms with Crippen LogP contribution in [-0.2, 0) is 9.53 Å². The molecule has 0 bridgehead atoms. The summed E-state index contributed by atoms with van der Waals surface area (Å²) in [6, 6.07) is 9.04. The van der Waals surface area contributed by atoms with Crippen LogP contribution < -0.4 is 5.32 Å². The summed E-state index contributed by atoms with van der Waals surface area (Å²) in [4.78, 5) is 28.2. The van der Waals surface area contributed by atoms with Crippen LogP contribution in [0.15, 0.2) is 45.4 Å². The molecule has 8 heteroatoms. The van der Waals surface area contributed by atoms with Gasteiger partial charge in [0.25, 0.3) is 5.22 Å². The van der Waals surface area contributed by atoms with Gasteiger partial charge in [-0.05, 0) is 30.5 Å². The molecule has 1 aromatic carbocycles. The molecule has 0 aliphatic rings. The lowest BCUT2D eigenvalue weighted by atomic mass is 10.3. The van der Waals surface area contributed by atoms with Gasteiger partial charge < -0.3 is 14.5 Å². The Hall–Kier alpha value is -2.32. The fourth-order valence-corrected chi connectivity index (χ4v) is 3.41. The number of thiophene rings is 1. The van der Waals surface area contributed by atoms with Crippen LogP contribution in [0, 0.1) is 0 Å². The van der Waals surface area contributed by atoms with Gasteiger partial charge in [0.05, 0.1) is 17.9 Å². The molecule has 3 rings (SSSR count). The fourth-order valence-electron chi connectivity index (χ4n) is 1.98. The number of thioether (sulfide) groups is 1. The van der Waals surface area contributed by atoms with E-state index < -0.39 is 5.97 Å². The zero-order valence-electron chi connectivity index (χ0n) is 12.8. The molecular weight excluding hydrogens is 348 g/mol. The van der Waals surface area contributed by atoms with E-state index >= 15 is 0 Å². The van der Waals surface area contributed by atoms with E-state index in [0.29, 0.717) is 21.4 Å². The molecular formula is C16H14N2O4S2. The number of ether oxygens (including phenoxy) is 1. The van der Waals surface area contributed by atoms with Gasteiger partial charge in [0.2, 0.25) is 5.91 Å². The normalized spacial score (nSPS) is 10.7. The molecule has 24 heavy (non-hydrogen) atoms. The maximum Gasteiger partial charge on any atom is 0.341 e. The van der Waals surface area contributed by atoms with Crippen LogP contribution >= 0.6 is 23.1 Å². The number of benzene rings is 1. The predicted octanol–water partition coefficient (Wildman–Crippen LogP) is 3.80. The summed E-state index contributed by atoms with van der Waals surface area (Å²) in [7, 11) is 0. The van der Waals surface area contributed by atoms with Crippen molar-refractivity contribution < 1.29 is 18.7 Å². The van der Waals surface area contributed by atoms with E-state index in [1.54, 1.807) is 18.4 Å². The second-order valence-corrected chi connectivity index (χ2v) is 6.51. The molecule has 0 spiro atoms. The number of esters is 1. The Morgan fingerprint density at radius 1 is 1.33 bits per heavy atom. The lowest BCUT2D eigenvalue weighted by Gasteiger charge is -2.05. The number of oxazole rings is 1. The summed E-state index contributed by atoms with van der Waals surface area (Å²) in [6.07, 6.45) is 0. The van der Waals surface area contributed by atoms with Crippen LogP contribution in [0.1, 0.15) is 17.3 Å². The van der Waals surface area contributed by atoms with Gasteiger partial charge in [-0.1, -0.05) is 23.9 Å². The first-order chi connectivity index (χ1) is 11.7. The van der Waals surface area contributed by atoms with Gasteiger partial charge in [-0.2, -0.15) is 0 Å². The van der Waals surface area contributed by atoms with E-state index in [9.17, 15) is 9.59 Å². The number of aromatic nitrogens is 1. The average Bonchev–Trinajstić information content (AvgIpc) is 3.19. The number of carbonyl (C=O) groups excluding carboxylic acids is 2. The molecule has 0 aliphatic heterocycles. The Balaban J connectivity index is 1.60. The summed E-state index contributed by atoms with van der Waals surface area (Å²) in [5.41, 5.74) is 1.80. The van der Waals surface area contributed by atoms with Crippen molar-refractivity contribution in [2.45, 2.75) is 12.1 Å². The highest BCUT2D eigenvalue weighted by molar-refractivity contribution is 7.99. The van der Waals surface area contributed by atoms with Crippen molar-refractivity contribution in [1.29, 1.82) is 0 Å². The molecule has 1 N–H and O–H groups in total. The fraction of sp³-hybridized carbons (Fsp3) is 0.188. The number of carbonyl (C=O) groups is 2. The number of nitrogens with zero attached hydrogens (tertiary/aromatic N) is 1. The van der Waals surface area contributed by atoms with Gasteiger partial charge in [-0.25, -0.2) is 9.78 Å². The number of amides is 1.